The second-order valence-electron chi connectivity index (χ2n) is 3.44. The Labute approximate surface area is 106 Å². The van der Waals surface area contributed by atoms with Crippen molar-refractivity contribution >= 4 is 17.4 Å². The Morgan fingerprint density at radius 1 is 1.17 bits per heavy atom. The molecule has 0 amide bonds. The van der Waals surface area contributed by atoms with E-state index in [0.717, 1.165) is 17.8 Å². The van der Waals surface area contributed by atoms with Gasteiger partial charge in [-0.15, -0.1) is 0 Å². The summed E-state index contributed by atoms with van der Waals surface area (Å²) in [5.74, 6) is -0.753. The van der Waals surface area contributed by atoms with Gasteiger partial charge in [-0.25, -0.2) is 0 Å². The van der Waals surface area contributed by atoms with Crippen LogP contribution in [0.25, 0.3) is 0 Å². The van der Waals surface area contributed by atoms with E-state index in [4.69, 9.17) is 5.11 Å². The number of aromatic hydroxyl groups is 1. The summed E-state index contributed by atoms with van der Waals surface area (Å²) < 4.78 is 13.4. The molecule has 0 radical (unpaired) electrons. The summed E-state index contributed by atoms with van der Waals surface area (Å²) in [6.07, 6.45) is 0. The highest BCUT2D eigenvalue weighted by Gasteiger charge is 2.20. The van der Waals surface area contributed by atoms with Crippen molar-refractivity contribution in [2.45, 2.75) is 9.79 Å². The fourth-order valence-electron chi connectivity index (χ4n) is 1.40. The Kier molecular flexibility index (Phi) is 3.47. The molecule has 2 aromatic rings. The average molecular weight is 265 g/mol. The summed E-state index contributed by atoms with van der Waals surface area (Å²) in [5, 5.41) is 19.9. The summed E-state index contributed by atoms with van der Waals surface area (Å²) in [4.78, 5) is 11.0. The van der Waals surface area contributed by atoms with Crippen LogP contribution in [0.5, 0.6) is 5.75 Å². The SMILES string of the molecule is O=[N+]([O-])c1c(F)cccc1Sc1ccc(O)cc1. The van der Waals surface area contributed by atoms with E-state index in [9.17, 15) is 14.5 Å². The molecule has 2 aromatic carbocycles. The summed E-state index contributed by atoms with van der Waals surface area (Å²) >= 11 is 1.07. The van der Waals surface area contributed by atoms with Gasteiger partial charge in [0.15, 0.2) is 0 Å². The molecular formula is C12H8FNO3S. The first-order valence-electron chi connectivity index (χ1n) is 4.97. The van der Waals surface area contributed by atoms with Crippen LogP contribution in [0.1, 0.15) is 0 Å². The molecule has 0 unspecified atom stereocenters. The van der Waals surface area contributed by atoms with Crippen LogP contribution in [0.4, 0.5) is 10.1 Å². The van der Waals surface area contributed by atoms with E-state index in [1.54, 1.807) is 12.1 Å². The molecule has 0 spiro atoms. The number of phenolic OH excluding ortho intramolecular Hbond substituents is 1. The zero-order valence-electron chi connectivity index (χ0n) is 9.04. The molecule has 92 valence electrons. The Balaban J connectivity index is 2.37. The Hall–Kier alpha value is -2.08. The first-order valence-corrected chi connectivity index (χ1v) is 5.79. The lowest BCUT2D eigenvalue weighted by Gasteiger charge is -2.03. The minimum Gasteiger partial charge on any atom is -0.508 e. The van der Waals surface area contributed by atoms with Gasteiger partial charge in [-0.2, -0.15) is 4.39 Å². The van der Waals surface area contributed by atoms with Gasteiger partial charge in [-0.3, -0.25) is 10.1 Å². The van der Waals surface area contributed by atoms with Crippen LogP contribution in [0.2, 0.25) is 0 Å². The maximum absolute atomic E-state index is 13.4. The van der Waals surface area contributed by atoms with E-state index in [1.807, 2.05) is 0 Å². The smallest absolute Gasteiger partial charge is 0.318 e. The molecule has 6 heteroatoms. The number of hydrogen-bond donors (Lipinski definition) is 1. The van der Waals surface area contributed by atoms with Gasteiger partial charge in [-0.1, -0.05) is 17.8 Å². The summed E-state index contributed by atoms with van der Waals surface area (Å²) in [6, 6.07) is 10.1. The molecule has 0 aliphatic rings. The van der Waals surface area contributed by atoms with Crippen LogP contribution < -0.4 is 0 Å². The lowest BCUT2D eigenvalue weighted by atomic mass is 10.3. The zero-order chi connectivity index (χ0) is 13.1. The van der Waals surface area contributed by atoms with Gasteiger partial charge in [0, 0.05) is 4.90 Å². The van der Waals surface area contributed by atoms with Crippen molar-refractivity contribution in [3.05, 3.63) is 58.4 Å². The Morgan fingerprint density at radius 3 is 2.44 bits per heavy atom. The summed E-state index contributed by atoms with van der Waals surface area (Å²) in [7, 11) is 0. The highest BCUT2D eigenvalue weighted by molar-refractivity contribution is 7.99. The molecule has 0 heterocycles. The summed E-state index contributed by atoms with van der Waals surface area (Å²) in [6.45, 7) is 0. The predicted octanol–water partition coefficient (Wildman–Crippen LogP) is 3.59. The third-order valence-corrected chi connectivity index (χ3v) is 3.25. The number of nitrogens with zero attached hydrogens (tertiary/aromatic N) is 1. The maximum Gasteiger partial charge on any atom is 0.318 e. The van der Waals surface area contributed by atoms with E-state index < -0.39 is 16.4 Å². The van der Waals surface area contributed by atoms with Gasteiger partial charge < -0.3 is 5.11 Å². The lowest BCUT2D eigenvalue weighted by Crippen LogP contribution is -1.94. The van der Waals surface area contributed by atoms with E-state index in [-0.39, 0.29) is 10.6 Å². The number of nitro benzene ring substituents is 1. The maximum atomic E-state index is 13.4. The van der Waals surface area contributed by atoms with Crippen molar-refractivity contribution in [1.82, 2.24) is 0 Å². The number of nitro groups is 1. The molecule has 0 aliphatic heterocycles. The van der Waals surface area contributed by atoms with Crippen LogP contribution in [0, 0.1) is 15.9 Å². The predicted molar refractivity (Wildman–Crippen MR) is 65.3 cm³/mol. The molecule has 4 nitrogen and oxygen atoms in total. The second-order valence-corrected chi connectivity index (χ2v) is 4.56. The molecule has 0 fully saturated rings. The first kappa shape index (κ1) is 12.4. The van der Waals surface area contributed by atoms with E-state index in [1.165, 1.54) is 24.3 Å². The largest absolute Gasteiger partial charge is 0.508 e. The number of benzene rings is 2. The number of halogens is 1. The van der Waals surface area contributed by atoms with Crippen LogP contribution in [-0.4, -0.2) is 10.0 Å². The van der Waals surface area contributed by atoms with Crippen LogP contribution >= 0.6 is 11.8 Å². The highest BCUT2D eigenvalue weighted by Crippen LogP contribution is 2.36. The molecule has 0 bridgehead atoms. The van der Waals surface area contributed by atoms with Crippen LogP contribution in [0.15, 0.2) is 52.3 Å². The van der Waals surface area contributed by atoms with Crippen molar-refractivity contribution < 1.29 is 14.4 Å². The standard InChI is InChI=1S/C12H8FNO3S/c13-10-2-1-3-11(12(10)14(16)17)18-9-6-4-8(15)5-7-9/h1-7,15H. The van der Waals surface area contributed by atoms with Gasteiger partial charge in [-0.05, 0) is 36.4 Å². The molecule has 0 atom stereocenters. The molecule has 0 aliphatic carbocycles. The van der Waals surface area contributed by atoms with Crippen LogP contribution in [-0.2, 0) is 0 Å². The molecule has 0 saturated carbocycles. The number of rotatable bonds is 3. The number of phenols is 1. The number of para-hydroxylation sites is 1. The normalized spacial score (nSPS) is 10.3. The topological polar surface area (TPSA) is 63.4 Å². The van der Waals surface area contributed by atoms with Gasteiger partial charge in [0.2, 0.25) is 5.82 Å². The molecule has 18 heavy (non-hydrogen) atoms. The zero-order valence-corrected chi connectivity index (χ0v) is 9.86. The lowest BCUT2D eigenvalue weighted by molar-refractivity contribution is -0.390. The van der Waals surface area contributed by atoms with E-state index in [2.05, 4.69) is 0 Å². The van der Waals surface area contributed by atoms with Gasteiger partial charge in [0.1, 0.15) is 5.75 Å². The van der Waals surface area contributed by atoms with Crippen molar-refractivity contribution in [3.63, 3.8) is 0 Å². The van der Waals surface area contributed by atoms with Crippen molar-refractivity contribution in [3.8, 4) is 5.75 Å². The Bertz CT molecular complexity index is 586. The van der Waals surface area contributed by atoms with Gasteiger partial charge in [0.25, 0.3) is 0 Å². The van der Waals surface area contributed by atoms with Crippen molar-refractivity contribution in [2.75, 3.05) is 0 Å². The van der Waals surface area contributed by atoms with E-state index >= 15 is 0 Å². The Morgan fingerprint density at radius 2 is 1.83 bits per heavy atom. The number of hydrogen-bond acceptors (Lipinski definition) is 4. The summed E-state index contributed by atoms with van der Waals surface area (Å²) in [5.41, 5.74) is -0.532. The molecule has 1 N–H and O–H groups in total. The van der Waals surface area contributed by atoms with E-state index in [0.29, 0.717) is 4.90 Å². The highest BCUT2D eigenvalue weighted by atomic mass is 32.2. The molecule has 0 saturated heterocycles. The molecule has 0 aromatic heterocycles. The fourth-order valence-corrected chi connectivity index (χ4v) is 2.34. The van der Waals surface area contributed by atoms with Gasteiger partial charge >= 0.3 is 5.69 Å². The van der Waals surface area contributed by atoms with Crippen molar-refractivity contribution in [2.24, 2.45) is 0 Å². The van der Waals surface area contributed by atoms with Gasteiger partial charge in [0.05, 0.1) is 9.82 Å². The molecule has 2 rings (SSSR count). The van der Waals surface area contributed by atoms with Crippen LogP contribution in [0.3, 0.4) is 0 Å². The third-order valence-electron chi connectivity index (χ3n) is 2.20. The quantitative estimate of drug-likeness (QED) is 0.680. The fraction of sp³-hybridized carbons (Fsp3) is 0. The van der Waals surface area contributed by atoms with Crippen molar-refractivity contribution in [1.29, 1.82) is 0 Å². The minimum atomic E-state index is -0.858. The molecular weight excluding hydrogens is 257 g/mol. The monoisotopic (exact) mass is 265 g/mol. The average Bonchev–Trinajstić information content (AvgIpc) is 2.32. The third kappa shape index (κ3) is 2.60. The minimum absolute atomic E-state index is 0.105. The second kappa shape index (κ2) is 5.05. The first-order chi connectivity index (χ1) is 8.58.